The van der Waals surface area contributed by atoms with E-state index in [-0.39, 0.29) is 0 Å². The van der Waals surface area contributed by atoms with Crippen molar-refractivity contribution in [3.05, 3.63) is 23.5 Å². The summed E-state index contributed by atoms with van der Waals surface area (Å²) in [6, 6.07) is 0. The highest BCUT2D eigenvalue weighted by molar-refractivity contribution is 7.22. The fourth-order valence-electron chi connectivity index (χ4n) is 0.953. The molecule has 0 fully saturated rings. The molecular formula is C8H13P. The quantitative estimate of drug-likeness (QED) is 0.358. The molecule has 0 radical (unpaired) electrons. The van der Waals surface area contributed by atoms with Gasteiger partial charge >= 0.3 is 0 Å². The summed E-state index contributed by atoms with van der Waals surface area (Å²) in [5.41, 5.74) is 0. The van der Waals surface area contributed by atoms with Crippen molar-refractivity contribution >= 4 is 9.24 Å². The largest absolute Gasteiger partial charge is 0.110 e. The first-order valence-electron chi connectivity index (χ1n) is 3.49. The van der Waals surface area contributed by atoms with Gasteiger partial charge in [0.15, 0.2) is 0 Å². The third kappa shape index (κ3) is 2.81. The van der Waals surface area contributed by atoms with Crippen LogP contribution in [0.2, 0.25) is 0 Å². The van der Waals surface area contributed by atoms with E-state index in [1.807, 2.05) is 0 Å². The Hall–Kier alpha value is -0.0900. The molecule has 50 valence electrons. The maximum absolute atomic E-state index is 2.79. The van der Waals surface area contributed by atoms with Crippen molar-refractivity contribution in [3.8, 4) is 0 Å². The summed E-state index contributed by atoms with van der Waals surface area (Å²) < 4.78 is 0. The molecule has 0 amide bonds. The standard InChI is InChI=1S/C8H13P/c9-8-6-4-2-1-3-5-7-8/h1-2,7H,3-6,9H2. The van der Waals surface area contributed by atoms with Crippen LogP contribution in [-0.4, -0.2) is 0 Å². The molecule has 0 aromatic heterocycles. The van der Waals surface area contributed by atoms with E-state index in [0.717, 1.165) is 0 Å². The third-order valence-corrected chi connectivity index (χ3v) is 2.03. The zero-order valence-electron chi connectivity index (χ0n) is 5.64. The highest BCUT2D eigenvalue weighted by Gasteiger charge is 1.90. The fourth-order valence-corrected chi connectivity index (χ4v) is 1.29. The molecule has 0 bridgehead atoms. The lowest BCUT2D eigenvalue weighted by Crippen LogP contribution is -1.77. The summed E-state index contributed by atoms with van der Waals surface area (Å²) in [7, 11) is 2.79. The maximum atomic E-state index is 2.79. The molecule has 1 aliphatic rings. The van der Waals surface area contributed by atoms with Crippen molar-refractivity contribution in [2.75, 3.05) is 0 Å². The first kappa shape index (κ1) is 7.02. The number of hydrogen-bond donors (Lipinski definition) is 0. The van der Waals surface area contributed by atoms with Gasteiger partial charge in [-0.05, 0) is 25.7 Å². The molecule has 1 aliphatic carbocycles. The van der Waals surface area contributed by atoms with Gasteiger partial charge in [-0.2, -0.15) is 0 Å². The van der Waals surface area contributed by atoms with Crippen LogP contribution < -0.4 is 0 Å². The molecule has 0 aromatic carbocycles. The monoisotopic (exact) mass is 140 g/mol. The summed E-state index contributed by atoms with van der Waals surface area (Å²) in [5.74, 6) is 0. The molecule has 0 spiro atoms. The van der Waals surface area contributed by atoms with E-state index in [1.165, 1.54) is 31.0 Å². The van der Waals surface area contributed by atoms with Crippen molar-refractivity contribution in [1.29, 1.82) is 0 Å². The number of hydrogen-bond acceptors (Lipinski definition) is 0. The number of rotatable bonds is 0. The van der Waals surface area contributed by atoms with Gasteiger partial charge < -0.3 is 0 Å². The van der Waals surface area contributed by atoms with Crippen molar-refractivity contribution in [3.63, 3.8) is 0 Å². The lowest BCUT2D eigenvalue weighted by atomic mass is 10.1. The highest BCUT2D eigenvalue weighted by Crippen LogP contribution is 2.17. The van der Waals surface area contributed by atoms with Crippen LogP contribution in [0.1, 0.15) is 25.7 Å². The Balaban J connectivity index is 2.41. The predicted molar refractivity (Wildman–Crippen MR) is 45.4 cm³/mol. The average molecular weight is 140 g/mol. The van der Waals surface area contributed by atoms with Gasteiger partial charge in [-0.3, -0.25) is 0 Å². The van der Waals surface area contributed by atoms with E-state index in [2.05, 4.69) is 27.5 Å². The van der Waals surface area contributed by atoms with Gasteiger partial charge in [-0.25, -0.2) is 0 Å². The fraction of sp³-hybridized carbons (Fsp3) is 0.500. The van der Waals surface area contributed by atoms with Crippen LogP contribution in [0.15, 0.2) is 23.5 Å². The minimum atomic E-state index is 1.22. The molecule has 0 aliphatic heterocycles. The Kier molecular flexibility index (Phi) is 3.00. The molecule has 0 saturated carbocycles. The van der Waals surface area contributed by atoms with Gasteiger partial charge in [0.1, 0.15) is 0 Å². The lowest BCUT2D eigenvalue weighted by molar-refractivity contribution is 0.951. The van der Waals surface area contributed by atoms with Crippen LogP contribution in [0.4, 0.5) is 0 Å². The summed E-state index contributed by atoms with van der Waals surface area (Å²) in [6.45, 7) is 0. The smallest absolute Gasteiger partial charge is 0.0248 e. The molecule has 0 nitrogen and oxygen atoms in total. The Morgan fingerprint density at radius 2 is 1.89 bits per heavy atom. The molecule has 1 unspecified atom stereocenters. The Morgan fingerprint density at radius 1 is 1.11 bits per heavy atom. The van der Waals surface area contributed by atoms with E-state index < -0.39 is 0 Å². The van der Waals surface area contributed by atoms with Gasteiger partial charge in [-0.1, -0.05) is 23.5 Å². The second-order valence-electron chi connectivity index (χ2n) is 2.37. The molecule has 1 heteroatoms. The second-order valence-corrected chi connectivity index (χ2v) is 3.11. The molecule has 0 aromatic rings. The van der Waals surface area contributed by atoms with E-state index in [0.29, 0.717) is 0 Å². The lowest BCUT2D eigenvalue weighted by Gasteiger charge is -2.00. The predicted octanol–water partition coefficient (Wildman–Crippen LogP) is 2.88. The maximum Gasteiger partial charge on any atom is -0.0248 e. The molecule has 1 rings (SSSR count). The van der Waals surface area contributed by atoms with E-state index in [4.69, 9.17) is 0 Å². The van der Waals surface area contributed by atoms with Crippen molar-refractivity contribution in [1.82, 2.24) is 0 Å². The van der Waals surface area contributed by atoms with E-state index >= 15 is 0 Å². The van der Waals surface area contributed by atoms with Crippen LogP contribution in [0, 0.1) is 0 Å². The zero-order valence-corrected chi connectivity index (χ0v) is 6.79. The highest BCUT2D eigenvalue weighted by atomic mass is 31.0. The van der Waals surface area contributed by atoms with E-state index in [9.17, 15) is 0 Å². The molecule has 9 heavy (non-hydrogen) atoms. The first-order chi connectivity index (χ1) is 4.39. The Bertz CT molecular complexity index is 134. The molecular weight excluding hydrogens is 127 g/mol. The van der Waals surface area contributed by atoms with Gasteiger partial charge in [0, 0.05) is 0 Å². The second kappa shape index (κ2) is 3.85. The summed E-state index contributed by atoms with van der Waals surface area (Å²) >= 11 is 0. The zero-order chi connectivity index (χ0) is 6.53. The van der Waals surface area contributed by atoms with Crippen molar-refractivity contribution in [2.24, 2.45) is 0 Å². The SMILES string of the molecule is PC1=CCCC=CCC1. The number of allylic oxidation sites excluding steroid dienone is 4. The van der Waals surface area contributed by atoms with Gasteiger partial charge in [0.25, 0.3) is 0 Å². The summed E-state index contributed by atoms with van der Waals surface area (Å²) in [4.78, 5) is 0. The van der Waals surface area contributed by atoms with Crippen molar-refractivity contribution in [2.45, 2.75) is 25.7 Å². The Labute approximate surface area is 59.2 Å². The van der Waals surface area contributed by atoms with E-state index in [1.54, 1.807) is 0 Å². The summed E-state index contributed by atoms with van der Waals surface area (Å²) in [5, 5.41) is 1.47. The molecule has 0 heterocycles. The molecule has 1 atom stereocenters. The van der Waals surface area contributed by atoms with Gasteiger partial charge in [-0.15, -0.1) is 9.24 Å². The van der Waals surface area contributed by atoms with Crippen LogP contribution >= 0.6 is 9.24 Å². The first-order valence-corrected chi connectivity index (χ1v) is 4.07. The minimum absolute atomic E-state index is 1.22. The Morgan fingerprint density at radius 3 is 2.78 bits per heavy atom. The van der Waals surface area contributed by atoms with Gasteiger partial charge in [0.2, 0.25) is 0 Å². The van der Waals surface area contributed by atoms with Crippen LogP contribution in [0.25, 0.3) is 0 Å². The van der Waals surface area contributed by atoms with Crippen LogP contribution in [0.5, 0.6) is 0 Å². The van der Waals surface area contributed by atoms with Crippen molar-refractivity contribution < 1.29 is 0 Å². The van der Waals surface area contributed by atoms with Crippen LogP contribution in [-0.2, 0) is 0 Å². The van der Waals surface area contributed by atoms with Crippen LogP contribution in [0.3, 0.4) is 0 Å². The molecule has 0 N–H and O–H groups in total. The third-order valence-electron chi connectivity index (χ3n) is 1.51. The summed E-state index contributed by atoms with van der Waals surface area (Å²) in [6.07, 6.45) is 11.7. The minimum Gasteiger partial charge on any atom is -0.110 e. The normalized spacial score (nSPS) is 20.3. The average Bonchev–Trinajstić information content (AvgIpc) is 1.79. The van der Waals surface area contributed by atoms with Gasteiger partial charge in [0.05, 0.1) is 0 Å². The topological polar surface area (TPSA) is 0 Å². The molecule has 0 saturated heterocycles.